The van der Waals surface area contributed by atoms with Gasteiger partial charge in [0, 0.05) is 12.2 Å². The number of hydrogen-bond donors (Lipinski definition) is 3. The third-order valence-electron chi connectivity index (χ3n) is 3.97. The number of nitrogens with zero attached hydrogens (tertiary/aromatic N) is 1. The first kappa shape index (κ1) is 22.6. The Bertz CT molecular complexity index is 894. The highest BCUT2D eigenvalue weighted by Gasteiger charge is 2.11. The Kier molecular flexibility index (Phi) is 9.05. The molecule has 0 spiro atoms. The van der Waals surface area contributed by atoms with E-state index in [0.29, 0.717) is 23.5 Å². The number of ether oxygens (including phenoxy) is 1. The van der Waals surface area contributed by atoms with Crippen LogP contribution in [0.3, 0.4) is 0 Å². The van der Waals surface area contributed by atoms with Crippen LogP contribution in [0.5, 0.6) is 5.75 Å². The second-order valence-electron chi connectivity index (χ2n) is 6.58. The number of hydrazone groups is 1. The lowest BCUT2D eigenvalue weighted by molar-refractivity contribution is -0.139. The zero-order chi connectivity index (χ0) is 21.8. The predicted octanol–water partition coefficient (Wildman–Crippen LogP) is 2.38. The van der Waals surface area contributed by atoms with Gasteiger partial charge in [0.2, 0.25) is 0 Å². The van der Waals surface area contributed by atoms with Crippen LogP contribution < -0.4 is 20.8 Å². The summed E-state index contributed by atoms with van der Waals surface area (Å²) in [7, 11) is 0. The Balaban J connectivity index is 1.80. The number of nitrogens with one attached hydrogen (secondary N) is 3. The fourth-order valence-electron chi connectivity index (χ4n) is 2.34. The van der Waals surface area contributed by atoms with E-state index in [9.17, 15) is 14.4 Å². The normalized spacial score (nSPS) is 10.5. The van der Waals surface area contributed by atoms with E-state index in [1.54, 1.807) is 24.3 Å². The van der Waals surface area contributed by atoms with Crippen molar-refractivity contribution in [3.63, 3.8) is 0 Å². The lowest BCUT2D eigenvalue weighted by atomic mass is 10.2. The first-order valence-electron chi connectivity index (χ1n) is 9.68. The SMILES string of the molecule is CCCCNC(=O)C(=O)N/N=C\c1cccc(OCC(=O)Nc2ccc(C)cc2)c1. The van der Waals surface area contributed by atoms with Gasteiger partial charge < -0.3 is 15.4 Å². The van der Waals surface area contributed by atoms with Gasteiger partial charge in [0.15, 0.2) is 6.61 Å². The van der Waals surface area contributed by atoms with Crippen LogP contribution in [0, 0.1) is 6.92 Å². The average Bonchev–Trinajstić information content (AvgIpc) is 2.74. The molecule has 2 rings (SSSR count). The van der Waals surface area contributed by atoms with Crippen molar-refractivity contribution in [3.8, 4) is 5.75 Å². The maximum Gasteiger partial charge on any atom is 0.329 e. The zero-order valence-electron chi connectivity index (χ0n) is 17.1. The molecule has 8 nitrogen and oxygen atoms in total. The minimum Gasteiger partial charge on any atom is -0.484 e. The number of aryl methyl sites for hydroxylation is 1. The van der Waals surface area contributed by atoms with Crippen LogP contribution >= 0.6 is 0 Å². The van der Waals surface area contributed by atoms with Gasteiger partial charge in [0.1, 0.15) is 5.75 Å². The number of rotatable bonds is 9. The highest BCUT2D eigenvalue weighted by molar-refractivity contribution is 6.35. The van der Waals surface area contributed by atoms with E-state index >= 15 is 0 Å². The second kappa shape index (κ2) is 12.0. The first-order chi connectivity index (χ1) is 14.5. The molecule has 0 radical (unpaired) electrons. The number of carbonyl (C=O) groups is 3. The van der Waals surface area contributed by atoms with Crippen molar-refractivity contribution < 1.29 is 19.1 Å². The molecular formula is C22H26N4O4. The van der Waals surface area contributed by atoms with Gasteiger partial charge >= 0.3 is 11.8 Å². The summed E-state index contributed by atoms with van der Waals surface area (Å²) in [5.41, 5.74) is 4.62. The summed E-state index contributed by atoms with van der Waals surface area (Å²) in [6.07, 6.45) is 3.11. The van der Waals surface area contributed by atoms with E-state index in [1.165, 1.54) is 6.21 Å². The van der Waals surface area contributed by atoms with Gasteiger partial charge in [-0.15, -0.1) is 0 Å². The molecule has 0 atom stereocenters. The molecule has 2 aromatic rings. The van der Waals surface area contributed by atoms with E-state index in [0.717, 1.165) is 18.4 Å². The molecule has 0 fully saturated rings. The Hall–Kier alpha value is -3.68. The van der Waals surface area contributed by atoms with Crippen molar-refractivity contribution in [1.82, 2.24) is 10.7 Å². The summed E-state index contributed by atoms with van der Waals surface area (Å²) >= 11 is 0. The number of carbonyl (C=O) groups excluding carboxylic acids is 3. The van der Waals surface area contributed by atoms with Gasteiger partial charge in [0.25, 0.3) is 5.91 Å². The van der Waals surface area contributed by atoms with Crippen LogP contribution in [0.25, 0.3) is 0 Å². The summed E-state index contributed by atoms with van der Waals surface area (Å²) in [6, 6.07) is 14.3. The van der Waals surface area contributed by atoms with E-state index in [-0.39, 0.29) is 12.5 Å². The summed E-state index contributed by atoms with van der Waals surface area (Å²) in [5, 5.41) is 9.03. The maximum atomic E-state index is 12.0. The van der Waals surface area contributed by atoms with Crippen LogP contribution in [-0.2, 0) is 14.4 Å². The molecule has 0 aliphatic heterocycles. The molecule has 0 aliphatic rings. The molecule has 0 saturated carbocycles. The maximum absolute atomic E-state index is 12.0. The second-order valence-corrected chi connectivity index (χ2v) is 6.58. The Labute approximate surface area is 175 Å². The lowest BCUT2D eigenvalue weighted by Crippen LogP contribution is -2.38. The molecule has 0 saturated heterocycles. The van der Waals surface area contributed by atoms with E-state index in [2.05, 4.69) is 21.2 Å². The van der Waals surface area contributed by atoms with Crippen molar-refractivity contribution in [3.05, 3.63) is 59.7 Å². The van der Waals surface area contributed by atoms with Gasteiger partial charge in [-0.05, 0) is 43.2 Å². The van der Waals surface area contributed by atoms with E-state index in [1.807, 2.05) is 38.1 Å². The smallest absolute Gasteiger partial charge is 0.329 e. The molecule has 30 heavy (non-hydrogen) atoms. The molecule has 158 valence electrons. The van der Waals surface area contributed by atoms with Crippen molar-refractivity contribution in [2.45, 2.75) is 26.7 Å². The molecule has 8 heteroatoms. The summed E-state index contributed by atoms with van der Waals surface area (Å²) in [4.78, 5) is 35.2. The van der Waals surface area contributed by atoms with Crippen LogP contribution in [-0.4, -0.2) is 37.1 Å². The highest BCUT2D eigenvalue weighted by atomic mass is 16.5. The number of anilines is 1. The zero-order valence-corrected chi connectivity index (χ0v) is 17.1. The quantitative estimate of drug-likeness (QED) is 0.255. The van der Waals surface area contributed by atoms with Gasteiger partial charge in [-0.25, -0.2) is 5.43 Å². The van der Waals surface area contributed by atoms with Crippen LogP contribution in [0.2, 0.25) is 0 Å². The van der Waals surface area contributed by atoms with Crippen LogP contribution in [0.4, 0.5) is 5.69 Å². The van der Waals surface area contributed by atoms with Crippen molar-refractivity contribution in [2.24, 2.45) is 5.10 Å². The monoisotopic (exact) mass is 410 g/mol. The Morgan fingerprint density at radius 3 is 2.57 bits per heavy atom. The topological polar surface area (TPSA) is 109 Å². The lowest BCUT2D eigenvalue weighted by Gasteiger charge is -2.08. The number of amides is 3. The molecule has 0 unspecified atom stereocenters. The van der Waals surface area contributed by atoms with Crippen molar-refractivity contribution in [2.75, 3.05) is 18.5 Å². The molecule has 0 heterocycles. The number of benzene rings is 2. The Morgan fingerprint density at radius 2 is 1.83 bits per heavy atom. The van der Waals surface area contributed by atoms with Gasteiger partial charge in [-0.2, -0.15) is 5.10 Å². The van der Waals surface area contributed by atoms with Crippen molar-refractivity contribution >= 4 is 29.6 Å². The fourth-order valence-corrected chi connectivity index (χ4v) is 2.34. The molecule has 3 N–H and O–H groups in total. The number of unbranched alkanes of at least 4 members (excludes halogenated alkanes) is 1. The third-order valence-corrected chi connectivity index (χ3v) is 3.97. The molecule has 0 bridgehead atoms. The number of hydrogen-bond acceptors (Lipinski definition) is 5. The largest absolute Gasteiger partial charge is 0.484 e. The van der Waals surface area contributed by atoms with Crippen molar-refractivity contribution in [1.29, 1.82) is 0 Å². The molecule has 0 aromatic heterocycles. The summed E-state index contributed by atoms with van der Waals surface area (Å²) in [6.45, 7) is 4.26. The Morgan fingerprint density at radius 1 is 1.07 bits per heavy atom. The van der Waals surface area contributed by atoms with Gasteiger partial charge in [-0.1, -0.05) is 43.2 Å². The third kappa shape index (κ3) is 8.14. The summed E-state index contributed by atoms with van der Waals surface area (Å²) < 4.78 is 5.50. The van der Waals surface area contributed by atoms with E-state index in [4.69, 9.17) is 4.74 Å². The molecular weight excluding hydrogens is 384 g/mol. The highest BCUT2D eigenvalue weighted by Crippen LogP contribution is 2.13. The van der Waals surface area contributed by atoms with Crippen LogP contribution in [0.1, 0.15) is 30.9 Å². The fraction of sp³-hybridized carbons (Fsp3) is 0.273. The van der Waals surface area contributed by atoms with Gasteiger partial charge in [-0.3, -0.25) is 14.4 Å². The summed E-state index contributed by atoms with van der Waals surface area (Å²) in [5.74, 6) is -1.36. The van der Waals surface area contributed by atoms with Crippen LogP contribution in [0.15, 0.2) is 53.6 Å². The van der Waals surface area contributed by atoms with Gasteiger partial charge in [0.05, 0.1) is 6.21 Å². The molecule has 2 aromatic carbocycles. The predicted molar refractivity (Wildman–Crippen MR) is 115 cm³/mol. The molecule has 3 amide bonds. The minimum absolute atomic E-state index is 0.150. The standard InChI is InChI=1S/C22H26N4O4/c1-3-4-12-23-21(28)22(29)26-24-14-17-6-5-7-19(13-17)30-15-20(27)25-18-10-8-16(2)9-11-18/h5-11,13-14H,3-4,12,15H2,1-2H3,(H,23,28)(H,25,27)(H,26,29)/b24-14-. The molecule has 0 aliphatic carbocycles. The minimum atomic E-state index is -0.831. The average molecular weight is 410 g/mol. The first-order valence-corrected chi connectivity index (χ1v) is 9.68. The van der Waals surface area contributed by atoms with E-state index < -0.39 is 11.8 Å².